The van der Waals surface area contributed by atoms with Crippen molar-refractivity contribution >= 4 is 23.2 Å². The maximum Gasteiger partial charge on any atom is 0.265 e. The van der Waals surface area contributed by atoms with E-state index in [2.05, 4.69) is 26.2 Å². The van der Waals surface area contributed by atoms with Gasteiger partial charge in [-0.3, -0.25) is 9.59 Å². The molecule has 1 aromatic heterocycles. The minimum Gasteiger partial charge on any atom is -0.479 e. The molecule has 4 rings (SSSR count). The first-order valence-corrected chi connectivity index (χ1v) is 8.79. The topological polar surface area (TPSA) is 111 Å². The molecule has 9 heteroatoms. The standard InChI is InChI=1S/C19H18N6O3/c1-12-18(26)22-15-10-14(7-8-17(15)28-12)21-19(27)16(25-11-20-23-24-25)9-13-5-3-2-4-6-13/h2-8,10-12,16H,9H2,1H3,(H,21,27)(H,22,26)/t12-,16-/m1/s1. The van der Waals surface area contributed by atoms with Gasteiger partial charge in [0.1, 0.15) is 18.1 Å². The molecule has 28 heavy (non-hydrogen) atoms. The van der Waals surface area contributed by atoms with Crippen LogP contribution in [0.5, 0.6) is 5.75 Å². The van der Waals surface area contributed by atoms with Gasteiger partial charge < -0.3 is 15.4 Å². The van der Waals surface area contributed by atoms with E-state index < -0.39 is 12.1 Å². The molecule has 1 aliphatic rings. The summed E-state index contributed by atoms with van der Waals surface area (Å²) in [6.07, 6.45) is 1.29. The van der Waals surface area contributed by atoms with Crippen LogP contribution >= 0.6 is 0 Å². The summed E-state index contributed by atoms with van der Waals surface area (Å²) in [5.41, 5.74) is 2.04. The molecule has 0 unspecified atom stereocenters. The number of benzene rings is 2. The van der Waals surface area contributed by atoms with Crippen molar-refractivity contribution in [3.8, 4) is 5.75 Å². The number of anilines is 2. The van der Waals surface area contributed by atoms with Gasteiger partial charge in [-0.2, -0.15) is 0 Å². The molecule has 0 aliphatic carbocycles. The van der Waals surface area contributed by atoms with Gasteiger partial charge in [-0.1, -0.05) is 30.3 Å². The Kier molecular flexibility index (Phi) is 4.71. The highest BCUT2D eigenvalue weighted by atomic mass is 16.5. The Labute approximate surface area is 160 Å². The SMILES string of the molecule is C[C@H]1Oc2ccc(NC(=O)[C@@H](Cc3ccccc3)n3cnnn3)cc2NC1=O. The normalized spacial score (nSPS) is 16.5. The number of hydrogen-bond acceptors (Lipinski definition) is 6. The number of hydrogen-bond donors (Lipinski definition) is 2. The molecule has 2 N–H and O–H groups in total. The molecule has 0 fully saturated rings. The number of fused-ring (bicyclic) bond motifs is 1. The summed E-state index contributed by atoms with van der Waals surface area (Å²) in [7, 11) is 0. The van der Waals surface area contributed by atoms with Crippen molar-refractivity contribution in [2.24, 2.45) is 0 Å². The molecule has 1 aliphatic heterocycles. The molecule has 2 atom stereocenters. The molecule has 0 saturated carbocycles. The zero-order valence-corrected chi connectivity index (χ0v) is 15.1. The van der Waals surface area contributed by atoms with Gasteiger partial charge >= 0.3 is 0 Å². The smallest absolute Gasteiger partial charge is 0.265 e. The van der Waals surface area contributed by atoms with E-state index in [0.717, 1.165) is 5.56 Å². The number of aromatic nitrogens is 4. The first-order chi connectivity index (χ1) is 13.6. The Morgan fingerprint density at radius 1 is 1.29 bits per heavy atom. The summed E-state index contributed by atoms with van der Waals surface area (Å²) in [6.45, 7) is 1.67. The quantitative estimate of drug-likeness (QED) is 0.701. The zero-order chi connectivity index (χ0) is 19.5. The first-order valence-electron chi connectivity index (χ1n) is 8.79. The average Bonchev–Trinajstić information content (AvgIpc) is 3.22. The average molecular weight is 378 g/mol. The Hall–Kier alpha value is -3.75. The van der Waals surface area contributed by atoms with E-state index in [9.17, 15) is 9.59 Å². The largest absolute Gasteiger partial charge is 0.479 e. The second-order valence-corrected chi connectivity index (χ2v) is 6.44. The second-order valence-electron chi connectivity index (χ2n) is 6.44. The first kappa shape index (κ1) is 17.7. The Bertz CT molecular complexity index is 990. The fourth-order valence-corrected chi connectivity index (χ4v) is 2.97. The molecule has 3 aromatic rings. The molecule has 0 bridgehead atoms. The molecule has 0 spiro atoms. The van der Waals surface area contributed by atoms with Gasteiger partial charge in [0.05, 0.1) is 5.69 Å². The summed E-state index contributed by atoms with van der Waals surface area (Å²) >= 11 is 0. The van der Waals surface area contributed by atoms with Crippen LogP contribution in [0.3, 0.4) is 0 Å². The lowest BCUT2D eigenvalue weighted by Gasteiger charge is -2.24. The number of nitrogens with one attached hydrogen (secondary N) is 2. The maximum atomic E-state index is 13.0. The van der Waals surface area contributed by atoms with Crippen LogP contribution in [0.4, 0.5) is 11.4 Å². The lowest BCUT2D eigenvalue weighted by molar-refractivity contribution is -0.122. The van der Waals surface area contributed by atoms with Crippen molar-refractivity contribution in [3.63, 3.8) is 0 Å². The summed E-state index contributed by atoms with van der Waals surface area (Å²) < 4.78 is 6.96. The van der Waals surface area contributed by atoms with Crippen molar-refractivity contribution in [1.82, 2.24) is 20.2 Å². The summed E-state index contributed by atoms with van der Waals surface area (Å²) in [4.78, 5) is 24.8. The third-order valence-electron chi connectivity index (χ3n) is 4.44. The van der Waals surface area contributed by atoms with Gasteiger partial charge in [-0.05, 0) is 41.1 Å². The number of tetrazole rings is 1. The molecular formula is C19H18N6O3. The van der Waals surface area contributed by atoms with Crippen LogP contribution in [0.25, 0.3) is 0 Å². The van der Waals surface area contributed by atoms with Crippen LogP contribution in [-0.4, -0.2) is 38.1 Å². The number of nitrogens with zero attached hydrogens (tertiary/aromatic N) is 4. The van der Waals surface area contributed by atoms with Crippen molar-refractivity contribution in [2.75, 3.05) is 10.6 Å². The third-order valence-corrected chi connectivity index (χ3v) is 4.44. The lowest BCUT2D eigenvalue weighted by atomic mass is 10.1. The van der Waals surface area contributed by atoms with Crippen LogP contribution in [0.1, 0.15) is 18.5 Å². The van der Waals surface area contributed by atoms with Crippen LogP contribution < -0.4 is 15.4 Å². The van der Waals surface area contributed by atoms with E-state index in [4.69, 9.17) is 4.74 Å². The number of rotatable bonds is 5. The van der Waals surface area contributed by atoms with Gasteiger partial charge in [-0.25, -0.2) is 4.68 Å². The monoisotopic (exact) mass is 378 g/mol. The van der Waals surface area contributed by atoms with Crippen molar-refractivity contribution < 1.29 is 14.3 Å². The van der Waals surface area contributed by atoms with Crippen molar-refractivity contribution in [2.45, 2.75) is 25.5 Å². The summed E-state index contributed by atoms with van der Waals surface area (Å²) in [5.74, 6) is 0.0607. The molecule has 9 nitrogen and oxygen atoms in total. The lowest BCUT2D eigenvalue weighted by Crippen LogP contribution is -2.34. The predicted octanol–water partition coefficient (Wildman–Crippen LogP) is 1.81. The van der Waals surface area contributed by atoms with Gasteiger partial charge in [0.2, 0.25) is 5.91 Å². The fraction of sp³-hybridized carbons (Fsp3) is 0.211. The molecule has 2 amide bonds. The van der Waals surface area contributed by atoms with Crippen molar-refractivity contribution in [1.29, 1.82) is 0 Å². The number of amides is 2. The number of carbonyl (C=O) groups excluding carboxylic acids is 2. The minimum atomic E-state index is -0.626. The molecule has 142 valence electrons. The summed E-state index contributed by atoms with van der Waals surface area (Å²) in [6, 6.07) is 14.1. The van der Waals surface area contributed by atoms with Crippen LogP contribution in [0.15, 0.2) is 54.9 Å². The van der Waals surface area contributed by atoms with Crippen LogP contribution in [0, 0.1) is 0 Å². The second kappa shape index (κ2) is 7.47. The van der Waals surface area contributed by atoms with E-state index in [1.807, 2.05) is 30.3 Å². The third kappa shape index (κ3) is 3.68. The Balaban J connectivity index is 1.55. The van der Waals surface area contributed by atoms with E-state index in [0.29, 0.717) is 23.5 Å². The van der Waals surface area contributed by atoms with Crippen molar-refractivity contribution in [3.05, 3.63) is 60.4 Å². The highest BCUT2D eigenvalue weighted by Gasteiger charge is 2.25. The van der Waals surface area contributed by atoms with Gasteiger partial charge in [-0.15, -0.1) is 5.10 Å². The molecule has 0 saturated heterocycles. The van der Waals surface area contributed by atoms with Crippen LogP contribution in [-0.2, 0) is 16.0 Å². The van der Waals surface area contributed by atoms with E-state index in [-0.39, 0.29) is 11.8 Å². The minimum absolute atomic E-state index is 0.230. The molecular weight excluding hydrogens is 360 g/mol. The predicted molar refractivity (Wildman–Crippen MR) is 101 cm³/mol. The van der Waals surface area contributed by atoms with E-state index >= 15 is 0 Å². The molecule has 2 heterocycles. The number of carbonyl (C=O) groups is 2. The van der Waals surface area contributed by atoms with Crippen LogP contribution in [0.2, 0.25) is 0 Å². The summed E-state index contributed by atoms with van der Waals surface area (Å²) in [5, 5.41) is 16.8. The molecule has 2 aromatic carbocycles. The fourth-order valence-electron chi connectivity index (χ4n) is 2.97. The zero-order valence-electron chi connectivity index (χ0n) is 15.1. The molecule has 0 radical (unpaired) electrons. The van der Waals surface area contributed by atoms with E-state index in [1.54, 1.807) is 25.1 Å². The Morgan fingerprint density at radius 3 is 2.86 bits per heavy atom. The van der Waals surface area contributed by atoms with Gasteiger partial charge in [0.25, 0.3) is 5.91 Å². The van der Waals surface area contributed by atoms with Gasteiger partial charge in [0, 0.05) is 12.1 Å². The van der Waals surface area contributed by atoms with Gasteiger partial charge in [0.15, 0.2) is 6.10 Å². The highest BCUT2D eigenvalue weighted by molar-refractivity contribution is 5.99. The Morgan fingerprint density at radius 2 is 2.11 bits per heavy atom. The van der Waals surface area contributed by atoms with E-state index in [1.165, 1.54) is 11.0 Å². The number of ether oxygens (including phenoxy) is 1. The maximum absolute atomic E-state index is 13.0. The highest BCUT2D eigenvalue weighted by Crippen LogP contribution is 2.32.